The van der Waals surface area contributed by atoms with Crippen molar-refractivity contribution in [3.63, 3.8) is 0 Å². The number of hydrogen-bond acceptors (Lipinski definition) is 4. The molecule has 4 nitrogen and oxygen atoms in total. The topological polar surface area (TPSA) is 60.4 Å². The molecule has 0 radical (unpaired) electrons. The number of nitrogens with one attached hydrogen (secondary N) is 1. The van der Waals surface area contributed by atoms with Gasteiger partial charge in [0.05, 0.1) is 6.04 Å². The lowest BCUT2D eigenvalue weighted by atomic mass is 10.1. The number of halogens is 3. The molecular formula is C13H15F3N2O2. The van der Waals surface area contributed by atoms with Gasteiger partial charge in [-0.2, -0.15) is 0 Å². The Morgan fingerprint density at radius 2 is 2.10 bits per heavy atom. The second kappa shape index (κ2) is 6.74. The highest BCUT2D eigenvalue weighted by atomic mass is 19.3. The van der Waals surface area contributed by atoms with Crippen LogP contribution in [0.3, 0.4) is 0 Å². The summed E-state index contributed by atoms with van der Waals surface area (Å²) in [5.74, 6) is 5.56. The van der Waals surface area contributed by atoms with Crippen LogP contribution >= 0.6 is 0 Å². The number of nitrogens with two attached hydrogens (primary N) is 1. The number of rotatable bonds is 7. The Balaban J connectivity index is 2.01. The minimum atomic E-state index is -2.49. The largest absolute Gasteiger partial charge is 0.459 e. The fourth-order valence-corrected chi connectivity index (χ4v) is 1.89. The highest BCUT2D eigenvalue weighted by Gasteiger charge is 2.15. The monoisotopic (exact) mass is 288 g/mol. The van der Waals surface area contributed by atoms with Crippen molar-refractivity contribution in [3.05, 3.63) is 35.8 Å². The van der Waals surface area contributed by atoms with Crippen LogP contribution in [0.15, 0.2) is 28.7 Å². The Labute approximate surface area is 113 Å². The SMILES string of the molecule is NNC(CCOCC(F)F)c1cc2cc(F)ccc2o1. The summed E-state index contributed by atoms with van der Waals surface area (Å²) in [7, 11) is 0. The maximum absolute atomic E-state index is 13.1. The van der Waals surface area contributed by atoms with E-state index in [-0.39, 0.29) is 18.5 Å². The average Bonchev–Trinajstić information content (AvgIpc) is 2.81. The van der Waals surface area contributed by atoms with E-state index in [9.17, 15) is 13.2 Å². The van der Waals surface area contributed by atoms with E-state index in [4.69, 9.17) is 15.0 Å². The molecule has 0 aliphatic heterocycles. The maximum Gasteiger partial charge on any atom is 0.261 e. The van der Waals surface area contributed by atoms with E-state index in [1.165, 1.54) is 18.2 Å². The van der Waals surface area contributed by atoms with Crippen LogP contribution in [0.5, 0.6) is 0 Å². The fourth-order valence-electron chi connectivity index (χ4n) is 1.89. The van der Waals surface area contributed by atoms with Gasteiger partial charge in [0, 0.05) is 12.0 Å². The molecular weight excluding hydrogens is 273 g/mol. The van der Waals surface area contributed by atoms with Gasteiger partial charge < -0.3 is 9.15 Å². The van der Waals surface area contributed by atoms with E-state index in [1.54, 1.807) is 6.07 Å². The molecule has 7 heteroatoms. The molecule has 1 aromatic heterocycles. The molecule has 0 aliphatic carbocycles. The first kappa shape index (κ1) is 14.8. The first-order valence-corrected chi connectivity index (χ1v) is 6.11. The summed E-state index contributed by atoms with van der Waals surface area (Å²) in [6.07, 6.45) is -2.13. The van der Waals surface area contributed by atoms with Crippen molar-refractivity contribution in [2.24, 2.45) is 5.84 Å². The fraction of sp³-hybridized carbons (Fsp3) is 0.385. The van der Waals surface area contributed by atoms with Crippen LogP contribution in [-0.2, 0) is 4.74 Å². The molecule has 1 aromatic carbocycles. The first-order valence-electron chi connectivity index (χ1n) is 6.11. The van der Waals surface area contributed by atoms with Gasteiger partial charge in [0.2, 0.25) is 0 Å². The van der Waals surface area contributed by atoms with Gasteiger partial charge in [-0.1, -0.05) is 0 Å². The standard InChI is InChI=1S/C13H15F3N2O2/c14-9-1-2-11-8(5-9)6-12(20-11)10(18-17)3-4-19-7-13(15)16/h1-2,5-6,10,13,18H,3-4,7,17H2. The molecule has 0 saturated heterocycles. The predicted molar refractivity (Wildman–Crippen MR) is 67.7 cm³/mol. The predicted octanol–water partition coefficient (Wildman–Crippen LogP) is 2.75. The van der Waals surface area contributed by atoms with Crippen LogP contribution < -0.4 is 11.3 Å². The van der Waals surface area contributed by atoms with Crippen LogP contribution in [0.25, 0.3) is 11.0 Å². The molecule has 2 rings (SSSR count). The lowest BCUT2D eigenvalue weighted by molar-refractivity contribution is 0.0139. The van der Waals surface area contributed by atoms with E-state index in [2.05, 4.69) is 5.43 Å². The van der Waals surface area contributed by atoms with Crippen LogP contribution in [0, 0.1) is 5.82 Å². The van der Waals surface area contributed by atoms with Crippen molar-refractivity contribution in [1.82, 2.24) is 5.43 Å². The third-order valence-electron chi connectivity index (χ3n) is 2.84. The van der Waals surface area contributed by atoms with Gasteiger partial charge >= 0.3 is 0 Å². The smallest absolute Gasteiger partial charge is 0.261 e. The van der Waals surface area contributed by atoms with Crippen molar-refractivity contribution < 1.29 is 22.3 Å². The Kier molecular flexibility index (Phi) is 4.99. The lowest BCUT2D eigenvalue weighted by Gasteiger charge is -2.13. The number of benzene rings is 1. The molecule has 3 N–H and O–H groups in total. The van der Waals surface area contributed by atoms with E-state index in [0.29, 0.717) is 23.2 Å². The summed E-state index contributed by atoms with van der Waals surface area (Å²) in [5.41, 5.74) is 3.06. The summed E-state index contributed by atoms with van der Waals surface area (Å²) in [6, 6.07) is 5.45. The Bertz CT molecular complexity index is 560. The minimum Gasteiger partial charge on any atom is -0.459 e. The minimum absolute atomic E-state index is 0.116. The molecule has 0 saturated carbocycles. The van der Waals surface area contributed by atoms with Crippen LogP contribution in [0.2, 0.25) is 0 Å². The summed E-state index contributed by atoms with van der Waals surface area (Å²) in [6.45, 7) is -0.493. The van der Waals surface area contributed by atoms with E-state index < -0.39 is 13.0 Å². The van der Waals surface area contributed by atoms with Crippen LogP contribution in [-0.4, -0.2) is 19.6 Å². The van der Waals surface area contributed by atoms with Gasteiger partial charge in [0.15, 0.2) is 0 Å². The molecule has 1 atom stereocenters. The zero-order chi connectivity index (χ0) is 14.5. The van der Waals surface area contributed by atoms with Crippen molar-refractivity contribution >= 4 is 11.0 Å². The molecule has 2 aromatic rings. The number of furan rings is 1. The molecule has 0 aliphatic rings. The molecule has 1 unspecified atom stereocenters. The zero-order valence-corrected chi connectivity index (χ0v) is 10.6. The van der Waals surface area contributed by atoms with Crippen LogP contribution in [0.1, 0.15) is 18.2 Å². The second-order valence-corrected chi connectivity index (χ2v) is 4.30. The van der Waals surface area contributed by atoms with Crippen molar-refractivity contribution in [2.75, 3.05) is 13.2 Å². The first-order chi connectivity index (χ1) is 9.60. The third kappa shape index (κ3) is 3.72. The molecule has 110 valence electrons. The molecule has 0 fully saturated rings. The van der Waals surface area contributed by atoms with Crippen molar-refractivity contribution in [2.45, 2.75) is 18.9 Å². The lowest BCUT2D eigenvalue weighted by Crippen LogP contribution is -2.28. The number of hydrazine groups is 1. The highest BCUT2D eigenvalue weighted by Crippen LogP contribution is 2.26. The van der Waals surface area contributed by atoms with Gasteiger partial charge in [-0.15, -0.1) is 0 Å². The molecule has 20 heavy (non-hydrogen) atoms. The van der Waals surface area contributed by atoms with Crippen LogP contribution in [0.4, 0.5) is 13.2 Å². The Morgan fingerprint density at radius 1 is 1.30 bits per heavy atom. The van der Waals surface area contributed by atoms with E-state index >= 15 is 0 Å². The summed E-state index contributed by atoms with van der Waals surface area (Å²) in [4.78, 5) is 0. The van der Waals surface area contributed by atoms with E-state index in [1.807, 2.05) is 0 Å². The third-order valence-corrected chi connectivity index (χ3v) is 2.84. The van der Waals surface area contributed by atoms with Crippen molar-refractivity contribution in [1.29, 1.82) is 0 Å². The molecule has 0 bridgehead atoms. The van der Waals surface area contributed by atoms with Gasteiger partial charge in [0.25, 0.3) is 6.43 Å². The normalized spacial score (nSPS) is 13.2. The molecule has 1 heterocycles. The average molecular weight is 288 g/mol. The van der Waals surface area contributed by atoms with Gasteiger partial charge in [-0.25, -0.2) is 18.6 Å². The summed E-state index contributed by atoms with van der Waals surface area (Å²) >= 11 is 0. The number of alkyl halides is 2. The quantitative estimate of drug-likeness (QED) is 0.467. The van der Waals surface area contributed by atoms with E-state index in [0.717, 1.165) is 0 Å². The van der Waals surface area contributed by atoms with Gasteiger partial charge in [-0.3, -0.25) is 5.84 Å². The van der Waals surface area contributed by atoms with Crippen molar-refractivity contribution in [3.8, 4) is 0 Å². The summed E-state index contributed by atoms with van der Waals surface area (Å²) in [5, 5.41) is 0.619. The maximum atomic E-state index is 13.1. The molecule has 0 amide bonds. The molecule has 0 spiro atoms. The number of hydrogen-bond donors (Lipinski definition) is 2. The van der Waals surface area contributed by atoms with Gasteiger partial charge in [0.1, 0.15) is 23.8 Å². The number of fused-ring (bicyclic) bond motifs is 1. The van der Waals surface area contributed by atoms with Gasteiger partial charge in [-0.05, 0) is 30.7 Å². The Morgan fingerprint density at radius 3 is 2.80 bits per heavy atom. The number of ether oxygens (including phenoxy) is 1. The zero-order valence-electron chi connectivity index (χ0n) is 10.6. The summed E-state index contributed by atoms with van der Waals surface area (Å²) < 4.78 is 47.3. The highest BCUT2D eigenvalue weighted by molar-refractivity contribution is 5.78. The Hall–Kier alpha value is -1.57. The second-order valence-electron chi connectivity index (χ2n) is 4.30.